The van der Waals surface area contributed by atoms with Crippen LogP contribution in [0.3, 0.4) is 0 Å². The first kappa shape index (κ1) is 42.1. The zero-order valence-electron chi connectivity index (χ0n) is 32.8. The number of nitrogens with one attached hydrogen (secondary N) is 6. The number of hydrogen-bond acceptors (Lipinski definition) is 8. The Morgan fingerprint density at radius 1 is 0.632 bits per heavy atom. The van der Waals surface area contributed by atoms with Gasteiger partial charge in [-0.15, -0.1) is 0 Å². The predicted molar refractivity (Wildman–Crippen MR) is 218 cm³/mol. The third-order valence-electron chi connectivity index (χ3n) is 9.58. The highest BCUT2D eigenvalue weighted by Gasteiger charge is 2.38. The maximum absolute atomic E-state index is 14.3. The second kappa shape index (κ2) is 20.7. The third-order valence-corrected chi connectivity index (χ3v) is 9.58. The van der Waals surface area contributed by atoms with Crippen molar-refractivity contribution in [3.8, 4) is 0 Å². The predicted octanol–water partition coefficient (Wildman–Crippen LogP) is 4.52. The van der Waals surface area contributed by atoms with Gasteiger partial charge in [0, 0.05) is 6.54 Å². The molecule has 4 amide bonds. The molecular formula is C44H53N7O6. The average Bonchev–Trinajstić information content (AvgIpc) is 3.64. The molecule has 0 aliphatic heterocycles. The molecule has 5 aromatic rings. The van der Waals surface area contributed by atoms with Crippen LogP contribution in [0, 0.1) is 11.8 Å². The minimum absolute atomic E-state index is 0.0215. The second-order valence-electron chi connectivity index (χ2n) is 14.7. The fourth-order valence-corrected chi connectivity index (χ4v) is 6.40. The lowest BCUT2D eigenvalue weighted by atomic mass is 9.93. The molecule has 0 saturated carbocycles. The molecule has 0 spiro atoms. The Labute approximate surface area is 333 Å². The molecule has 57 heavy (non-hydrogen) atoms. The molecule has 5 rings (SSSR count). The van der Waals surface area contributed by atoms with E-state index in [9.17, 15) is 24.3 Å². The van der Waals surface area contributed by atoms with Gasteiger partial charge in [0.05, 0.1) is 29.7 Å². The smallest absolute Gasteiger partial charge is 0.408 e. The first-order valence-corrected chi connectivity index (χ1v) is 19.3. The number of H-pyrrole nitrogens is 1. The van der Waals surface area contributed by atoms with E-state index in [1.54, 1.807) is 13.8 Å². The number of rotatable bonds is 19. The van der Waals surface area contributed by atoms with Gasteiger partial charge in [-0.05, 0) is 47.1 Å². The lowest BCUT2D eigenvalue weighted by Crippen LogP contribution is -2.63. The number of aliphatic hydroxyl groups is 1. The fourth-order valence-electron chi connectivity index (χ4n) is 6.40. The minimum Gasteiger partial charge on any atom is -0.445 e. The van der Waals surface area contributed by atoms with Gasteiger partial charge in [0.1, 0.15) is 30.6 Å². The molecule has 300 valence electrons. The maximum Gasteiger partial charge on any atom is 0.408 e. The molecule has 7 N–H and O–H groups in total. The number of ether oxygens (including phenoxy) is 1. The highest BCUT2D eigenvalue weighted by atomic mass is 16.5. The number of fused-ring (bicyclic) bond motifs is 1. The molecule has 0 saturated heterocycles. The van der Waals surface area contributed by atoms with Gasteiger partial charge in [-0.2, -0.15) is 0 Å². The number of nitrogens with zero attached hydrogens (tertiary/aromatic N) is 1. The Hall–Kier alpha value is -6.05. The van der Waals surface area contributed by atoms with Crippen LogP contribution < -0.4 is 26.6 Å². The van der Waals surface area contributed by atoms with Crippen LogP contribution >= 0.6 is 0 Å². The van der Waals surface area contributed by atoms with E-state index in [0.717, 1.165) is 27.7 Å². The van der Waals surface area contributed by atoms with E-state index in [0.29, 0.717) is 5.82 Å². The van der Waals surface area contributed by atoms with Crippen molar-refractivity contribution in [3.63, 3.8) is 0 Å². The highest BCUT2D eigenvalue weighted by molar-refractivity contribution is 5.91. The van der Waals surface area contributed by atoms with E-state index in [4.69, 9.17) is 4.74 Å². The number of imidazole rings is 1. The number of para-hydroxylation sites is 2. The van der Waals surface area contributed by atoms with Crippen LogP contribution in [-0.2, 0) is 45.2 Å². The number of carbonyl (C=O) groups excluding carboxylic acids is 4. The van der Waals surface area contributed by atoms with Crippen LogP contribution in [0.4, 0.5) is 4.79 Å². The van der Waals surface area contributed by atoms with Crippen LogP contribution in [0.5, 0.6) is 0 Å². The van der Waals surface area contributed by atoms with Gasteiger partial charge in [-0.25, -0.2) is 9.78 Å². The van der Waals surface area contributed by atoms with Crippen LogP contribution in [-0.4, -0.2) is 69.2 Å². The minimum atomic E-state index is -1.50. The van der Waals surface area contributed by atoms with E-state index >= 15 is 0 Å². The molecule has 1 heterocycles. The molecule has 4 aromatic carbocycles. The van der Waals surface area contributed by atoms with Gasteiger partial charge >= 0.3 is 6.09 Å². The number of benzene rings is 4. The first-order chi connectivity index (χ1) is 27.5. The zero-order chi connectivity index (χ0) is 40.7. The molecule has 13 nitrogen and oxygen atoms in total. The fraction of sp³-hybridized carbons (Fsp3) is 0.341. The normalized spacial score (nSPS) is 13.9. The van der Waals surface area contributed by atoms with Crippen molar-refractivity contribution in [3.05, 3.63) is 138 Å². The summed E-state index contributed by atoms with van der Waals surface area (Å²) in [5.74, 6) is -1.73. The number of amides is 4. The van der Waals surface area contributed by atoms with Crippen LogP contribution in [0.1, 0.15) is 50.2 Å². The van der Waals surface area contributed by atoms with Gasteiger partial charge in [0.25, 0.3) is 0 Å². The van der Waals surface area contributed by atoms with Gasteiger partial charge in [0.15, 0.2) is 0 Å². The quantitative estimate of drug-likeness (QED) is 0.0639. The number of aromatic nitrogens is 2. The Kier molecular flexibility index (Phi) is 15.3. The van der Waals surface area contributed by atoms with Crippen LogP contribution in [0.25, 0.3) is 11.0 Å². The van der Waals surface area contributed by atoms with Gasteiger partial charge in [0.2, 0.25) is 17.7 Å². The van der Waals surface area contributed by atoms with Crippen molar-refractivity contribution in [2.24, 2.45) is 11.8 Å². The van der Waals surface area contributed by atoms with Gasteiger partial charge < -0.3 is 36.1 Å². The summed E-state index contributed by atoms with van der Waals surface area (Å²) in [7, 11) is 0. The Balaban J connectivity index is 1.35. The SMILES string of the molecule is CC(C)C(NC(=O)OCc1ccccc1)C(=O)NC(Cc1ccccc1)C(O)C(NCc1ccccc1)C(=O)N[C@@H](C(=O)NCc1nc2ccccc2[nH]1)C(C)C. The first-order valence-electron chi connectivity index (χ1n) is 19.3. The molecule has 0 radical (unpaired) electrons. The van der Waals surface area contributed by atoms with Crippen molar-refractivity contribution in [2.75, 3.05) is 0 Å². The third kappa shape index (κ3) is 12.5. The molecule has 0 fully saturated rings. The number of alkyl carbamates (subject to hydrolysis) is 1. The van der Waals surface area contributed by atoms with Gasteiger partial charge in [-0.3, -0.25) is 19.7 Å². The van der Waals surface area contributed by atoms with E-state index in [1.807, 2.05) is 129 Å². The average molecular weight is 776 g/mol. The lowest BCUT2D eigenvalue weighted by molar-refractivity contribution is -0.134. The summed E-state index contributed by atoms with van der Waals surface area (Å²) < 4.78 is 5.40. The maximum atomic E-state index is 14.3. The topological polar surface area (TPSA) is 187 Å². The molecule has 4 unspecified atom stereocenters. The summed E-state index contributed by atoms with van der Waals surface area (Å²) >= 11 is 0. The number of carbonyl (C=O) groups is 4. The molecule has 0 bridgehead atoms. The van der Waals surface area contributed by atoms with E-state index in [-0.39, 0.29) is 38.0 Å². The summed E-state index contributed by atoms with van der Waals surface area (Å²) in [6.45, 7) is 7.54. The summed E-state index contributed by atoms with van der Waals surface area (Å²) in [5.41, 5.74) is 4.05. The summed E-state index contributed by atoms with van der Waals surface area (Å²) in [5, 5.41) is 26.8. The van der Waals surface area contributed by atoms with Crippen molar-refractivity contribution < 1.29 is 29.0 Å². The number of aliphatic hydroxyl groups excluding tert-OH is 1. The largest absolute Gasteiger partial charge is 0.445 e. The monoisotopic (exact) mass is 775 g/mol. The second-order valence-corrected chi connectivity index (χ2v) is 14.7. The highest BCUT2D eigenvalue weighted by Crippen LogP contribution is 2.15. The number of aromatic amines is 1. The van der Waals surface area contributed by atoms with E-state index < -0.39 is 54.1 Å². The molecule has 0 aliphatic carbocycles. The van der Waals surface area contributed by atoms with E-state index in [1.165, 1.54) is 0 Å². The van der Waals surface area contributed by atoms with Crippen molar-refractivity contribution >= 4 is 34.8 Å². The van der Waals surface area contributed by atoms with Crippen LogP contribution in [0.15, 0.2) is 115 Å². The molecule has 0 aliphatic rings. The summed E-state index contributed by atoms with van der Waals surface area (Å²) in [6.07, 6.45) is -2.12. The summed E-state index contributed by atoms with van der Waals surface area (Å²) in [4.78, 5) is 62.5. The van der Waals surface area contributed by atoms with Gasteiger partial charge in [-0.1, -0.05) is 131 Å². The van der Waals surface area contributed by atoms with E-state index in [2.05, 4.69) is 36.6 Å². The van der Waals surface area contributed by atoms with Crippen molar-refractivity contribution in [1.82, 2.24) is 36.6 Å². The van der Waals surface area contributed by atoms with Crippen molar-refractivity contribution in [1.29, 1.82) is 0 Å². The lowest BCUT2D eigenvalue weighted by Gasteiger charge is -2.33. The molecular weight excluding hydrogens is 723 g/mol. The molecule has 13 heteroatoms. The molecule has 5 atom stereocenters. The molecule has 1 aromatic heterocycles. The number of hydrogen-bond donors (Lipinski definition) is 7. The standard InChI is InChI=1S/C44H53N7O6/c1-28(2)37(41(53)46-26-36-47-33-22-14-15-23-34(33)48-36)50-43(55)39(45-25-31-18-10-6-11-19-31)40(52)35(24-30-16-8-5-9-17-30)49-42(54)38(29(3)4)51-44(56)57-27-32-20-12-7-13-21-32/h5-23,28-29,35,37-40,45,52H,24-27H2,1-4H3,(H,46,53)(H,47,48)(H,49,54)(H,50,55)(H,51,56)/t35?,37-,38?,39?,40?/m1/s1. The summed E-state index contributed by atoms with van der Waals surface area (Å²) in [6, 6.07) is 31.1. The van der Waals surface area contributed by atoms with Crippen molar-refractivity contribution in [2.45, 2.75) is 84.1 Å². The Morgan fingerprint density at radius 3 is 1.79 bits per heavy atom. The van der Waals surface area contributed by atoms with Crippen LogP contribution in [0.2, 0.25) is 0 Å². The zero-order valence-corrected chi connectivity index (χ0v) is 32.8. The Morgan fingerprint density at radius 2 is 1.18 bits per heavy atom. The Bertz CT molecular complexity index is 2010.